The Bertz CT molecular complexity index is 841. The van der Waals surface area contributed by atoms with Gasteiger partial charge in [-0.25, -0.2) is 4.79 Å². The maximum Gasteiger partial charge on any atom is 0.339 e. The van der Waals surface area contributed by atoms with Crippen molar-refractivity contribution in [2.45, 2.75) is 13.0 Å². The number of nitrogens with two attached hydrogens (primary N) is 2. The minimum atomic E-state index is -1.10. The van der Waals surface area contributed by atoms with Crippen LogP contribution in [-0.2, 0) is 0 Å². The van der Waals surface area contributed by atoms with Crippen LogP contribution in [-0.4, -0.2) is 18.2 Å². The summed E-state index contributed by atoms with van der Waals surface area (Å²) >= 11 is 0. The van der Waals surface area contributed by atoms with Crippen molar-refractivity contribution in [2.75, 3.05) is 12.8 Å². The van der Waals surface area contributed by atoms with Crippen molar-refractivity contribution in [3.05, 3.63) is 70.8 Å². The largest absolute Gasteiger partial charge is 0.496 e. The Hall–Kier alpha value is -3.05. The Balaban J connectivity index is 2.55. The molecule has 0 aliphatic heterocycles. The fourth-order valence-corrected chi connectivity index (χ4v) is 2.69. The fourth-order valence-electron chi connectivity index (χ4n) is 2.69. The summed E-state index contributed by atoms with van der Waals surface area (Å²) in [6, 6.07) is 8.16. The van der Waals surface area contributed by atoms with E-state index in [2.05, 4.69) is 6.58 Å². The number of ether oxygens (including phenoxy) is 1. The van der Waals surface area contributed by atoms with E-state index >= 15 is 0 Å². The van der Waals surface area contributed by atoms with Crippen LogP contribution < -0.4 is 16.2 Å². The number of carbonyl (C=O) groups is 1. The number of carboxylic acid groups (broad SMARTS) is 1. The maximum atomic E-state index is 11.4. The van der Waals surface area contributed by atoms with Gasteiger partial charge in [-0.1, -0.05) is 36.9 Å². The highest BCUT2D eigenvalue weighted by Gasteiger charge is 2.19. The summed E-state index contributed by atoms with van der Waals surface area (Å²) in [5.74, 6) is -0.889. The van der Waals surface area contributed by atoms with E-state index in [9.17, 15) is 9.90 Å². The van der Waals surface area contributed by atoms with Gasteiger partial charge in [-0.15, -0.1) is 0 Å². The highest BCUT2D eigenvalue weighted by Crippen LogP contribution is 2.32. The first kappa shape index (κ1) is 18.3. The first-order valence-electron chi connectivity index (χ1n) is 7.78. The van der Waals surface area contributed by atoms with Gasteiger partial charge in [-0.2, -0.15) is 0 Å². The average molecular weight is 338 g/mol. The van der Waals surface area contributed by atoms with Crippen molar-refractivity contribution >= 4 is 23.8 Å². The molecule has 0 saturated heterocycles. The first-order chi connectivity index (χ1) is 11.9. The van der Waals surface area contributed by atoms with Gasteiger partial charge in [-0.3, -0.25) is 0 Å². The Labute approximate surface area is 147 Å². The molecule has 0 bridgehead atoms. The number of aromatic carboxylic acids is 1. The minimum absolute atomic E-state index is 0.0264. The zero-order valence-corrected chi connectivity index (χ0v) is 14.3. The van der Waals surface area contributed by atoms with Crippen molar-refractivity contribution < 1.29 is 14.6 Å². The highest BCUT2D eigenvalue weighted by atomic mass is 16.5. The van der Waals surface area contributed by atoms with Gasteiger partial charge in [0.2, 0.25) is 0 Å². The molecular weight excluding hydrogens is 316 g/mol. The van der Waals surface area contributed by atoms with Crippen LogP contribution in [0.4, 0.5) is 5.69 Å². The smallest absolute Gasteiger partial charge is 0.339 e. The molecule has 5 N–H and O–H groups in total. The van der Waals surface area contributed by atoms with Gasteiger partial charge in [0.15, 0.2) is 0 Å². The molecule has 0 amide bonds. The summed E-state index contributed by atoms with van der Waals surface area (Å²) in [4.78, 5) is 11.4. The third-order valence-corrected chi connectivity index (χ3v) is 4.01. The van der Waals surface area contributed by atoms with Crippen LogP contribution in [0.15, 0.2) is 43.0 Å². The van der Waals surface area contributed by atoms with Crippen LogP contribution in [0, 0.1) is 0 Å². The third-order valence-electron chi connectivity index (χ3n) is 4.01. The van der Waals surface area contributed by atoms with Crippen LogP contribution in [0.25, 0.3) is 12.2 Å². The van der Waals surface area contributed by atoms with E-state index < -0.39 is 12.0 Å². The molecule has 0 saturated carbocycles. The number of anilines is 1. The number of hydrogen-bond donors (Lipinski definition) is 3. The second-order valence-corrected chi connectivity index (χ2v) is 5.56. The van der Waals surface area contributed by atoms with E-state index in [4.69, 9.17) is 16.2 Å². The normalized spacial score (nSPS) is 12.1. The molecule has 0 heterocycles. The Morgan fingerprint density at radius 3 is 2.56 bits per heavy atom. The van der Waals surface area contributed by atoms with Gasteiger partial charge in [0.1, 0.15) is 11.3 Å². The minimum Gasteiger partial charge on any atom is -0.496 e. The topological polar surface area (TPSA) is 98.6 Å². The molecule has 5 nitrogen and oxygen atoms in total. The van der Waals surface area contributed by atoms with E-state index in [1.165, 1.54) is 19.2 Å². The zero-order chi connectivity index (χ0) is 18.6. The molecule has 2 rings (SSSR count). The molecular formula is C20H22N2O3. The first-order valence-corrected chi connectivity index (χ1v) is 7.78. The molecule has 2 aromatic rings. The number of methoxy groups -OCH3 is 1. The lowest BCUT2D eigenvalue weighted by molar-refractivity contribution is 0.0693. The van der Waals surface area contributed by atoms with Crippen molar-refractivity contribution in [3.8, 4) is 5.75 Å². The van der Waals surface area contributed by atoms with Crippen LogP contribution in [0.3, 0.4) is 0 Å². The summed E-state index contributed by atoms with van der Waals surface area (Å²) in [7, 11) is 1.40. The zero-order valence-electron chi connectivity index (χ0n) is 14.3. The highest BCUT2D eigenvalue weighted by molar-refractivity contribution is 5.92. The van der Waals surface area contributed by atoms with Crippen molar-refractivity contribution in [1.29, 1.82) is 0 Å². The van der Waals surface area contributed by atoms with Crippen molar-refractivity contribution in [3.63, 3.8) is 0 Å². The predicted octanol–water partition coefficient (Wildman–Crippen LogP) is 3.70. The van der Waals surface area contributed by atoms with Gasteiger partial charge in [0.25, 0.3) is 0 Å². The van der Waals surface area contributed by atoms with Crippen molar-refractivity contribution in [2.24, 2.45) is 5.73 Å². The number of rotatable bonds is 6. The van der Waals surface area contributed by atoms with Gasteiger partial charge in [0.05, 0.1) is 13.2 Å². The molecule has 0 radical (unpaired) electrons. The molecule has 130 valence electrons. The molecule has 0 spiro atoms. The molecule has 0 aliphatic carbocycles. The standard InChI is InChI=1S/C20H22N2O3/c1-4-6-13-9-14(8-7-12(13)5-2)19(22)15-10-16(20(23)24)18(25-3)11-17(15)21/h4-11,19H,2,21-22H2,1,3H3,(H,23,24)/b6-4-. The summed E-state index contributed by atoms with van der Waals surface area (Å²) in [6.07, 6.45) is 5.67. The van der Waals surface area contributed by atoms with Gasteiger partial charge in [-0.05, 0) is 41.3 Å². The number of hydrogen-bond acceptors (Lipinski definition) is 4. The van der Waals surface area contributed by atoms with E-state index in [0.29, 0.717) is 11.3 Å². The van der Waals surface area contributed by atoms with Crippen LogP contribution in [0.2, 0.25) is 0 Å². The molecule has 0 aromatic heterocycles. The molecule has 1 atom stereocenters. The Morgan fingerprint density at radius 1 is 1.28 bits per heavy atom. The second-order valence-electron chi connectivity index (χ2n) is 5.56. The Morgan fingerprint density at radius 2 is 2.00 bits per heavy atom. The lowest BCUT2D eigenvalue weighted by Crippen LogP contribution is -2.16. The molecule has 25 heavy (non-hydrogen) atoms. The number of carboxylic acids is 1. The summed E-state index contributed by atoms with van der Waals surface area (Å²) < 4.78 is 5.09. The predicted molar refractivity (Wildman–Crippen MR) is 102 cm³/mol. The molecule has 0 aliphatic rings. The van der Waals surface area contributed by atoms with Gasteiger partial charge < -0.3 is 21.3 Å². The molecule has 5 heteroatoms. The maximum absolute atomic E-state index is 11.4. The lowest BCUT2D eigenvalue weighted by atomic mass is 9.93. The second kappa shape index (κ2) is 7.68. The number of allylic oxidation sites excluding steroid dienone is 1. The lowest BCUT2D eigenvalue weighted by Gasteiger charge is -2.18. The SMILES string of the molecule is C=Cc1ccc(C(N)c2cc(C(=O)O)c(OC)cc2N)cc1/C=C\C. The molecule has 2 aromatic carbocycles. The third kappa shape index (κ3) is 3.72. The van der Waals surface area contributed by atoms with Crippen LogP contribution in [0.1, 0.15) is 45.6 Å². The van der Waals surface area contributed by atoms with E-state index in [-0.39, 0.29) is 11.3 Å². The quantitative estimate of drug-likeness (QED) is 0.698. The number of nitrogen functional groups attached to an aromatic ring is 1. The summed E-state index contributed by atoms with van der Waals surface area (Å²) in [5.41, 5.74) is 16.2. The summed E-state index contributed by atoms with van der Waals surface area (Å²) in [6.45, 7) is 5.74. The Kier molecular flexibility index (Phi) is 5.62. The molecule has 1 unspecified atom stereocenters. The van der Waals surface area contributed by atoms with Gasteiger partial charge >= 0.3 is 5.97 Å². The number of benzene rings is 2. The van der Waals surface area contributed by atoms with Crippen LogP contribution in [0.5, 0.6) is 5.75 Å². The van der Waals surface area contributed by atoms with E-state index in [1.807, 2.05) is 37.3 Å². The summed E-state index contributed by atoms with van der Waals surface area (Å²) in [5, 5.41) is 9.36. The van der Waals surface area contributed by atoms with Crippen LogP contribution >= 0.6 is 0 Å². The average Bonchev–Trinajstić information content (AvgIpc) is 2.60. The fraction of sp³-hybridized carbons (Fsp3) is 0.150. The van der Waals surface area contributed by atoms with E-state index in [0.717, 1.165) is 16.7 Å². The van der Waals surface area contributed by atoms with E-state index in [1.54, 1.807) is 6.08 Å². The molecule has 0 fully saturated rings. The van der Waals surface area contributed by atoms with Crippen molar-refractivity contribution in [1.82, 2.24) is 0 Å². The van der Waals surface area contributed by atoms with Gasteiger partial charge in [0, 0.05) is 11.8 Å². The monoisotopic (exact) mass is 338 g/mol.